The van der Waals surface area contributed by atoms with E-state index in [4.69, 9.17) is 17.0 Å². The van der Waals surface area contributed by atoms with Crippen LogP contribution in [0.5, 0.6) is 0 Å². The molecule has 3 aromatic carbocycles. The molecule has 0 radical (unpaired) electrons. The number of hydrogen-bond donors (Lipinski definition) is 1. The zero-order valence-corrected chi connectivity index (χ0v) is 35.4. The van der Waals surface area contributed by atoms with Crippen molar-refractivity contribution in [2.45, 2.75) is 33.6 Å². The zero-order chi connectivity index (χ0) is 40.0. The summed E-state index contributed by atoms with van der Waals surface area (Å²) in [4.78, 5) is 46.9. The summed E-state index contributed by atoms with van der Waals surface area (Å²) in [5.41, 5.74) is 9.06. The van der Waals surface area contributed by atoms with Gasteiger partial charge in [-0.25, -0.2) is 19.6 Å². The lowest BCUT2D eigenvalue weighted by Crippen LogP contribution is -2.10. The van der Waals surface area contributed by atoms with Crippen LogP contribution in [0.4, 0.5) is 5.69 Å². The third-order valence-electron chi connectivity index (χ3n) is 6.53. The van der Waals surface area contributed by atoms with Gasteiger partial charge in [-0.05, 0) is 72.8 Å². The Kier molecular flexibility index (Phi) is 20.3. The topological polar surface area (TPSA) is 139 Å². The maximum absolute atomic E-state index is 11.7. The minimum atomic E-state index is -0.506. The second-order valence-electron chi connectivity index (χ2n) is 11.2. The van der Waals surface area contributed by atoms with Gasteiger partial charge in [0.1, 0.15) is 18.3 Å². The number of carbonyl (C=O) groups is 3. The molecule has 0 unspecified atom stereocenters. The van der Waals surface area contributed by atoms with Crippen LogP contribution in [0.2, 0.25) is 0 Å². The number of imidazole rings is 2. The fourth-order valence-corrected chi connectivity index (χ4v) is 5.16. The molecule has 0 saturated carbocycles. The molecule has 0 bridgehead atoms. The Morgan fingerprint density at radius 2 is 1.35 bits per heavy atom. The Hall–Kier alpha value is -5.04. The lowest BCUT2D eigenvalue weighted by Gasteiger charge is -2.02. The Morgan fingerprint density at radius 3 is 1.76 bits per heavy atom. The Bertz CT molecular complexity index is 2020. The molecule has 0 atom stereocenters. The number of nitrogen functional groups attached to an aromatic ring is 1. The van der Waals surface area contributed by atoms with Crippen molar-refractivity contribution in [3.8, 4) is 17.9 Å². The first-order valence-electron chi connectivity index (χ1n) is 16.5. The van der Waals surface area contributed by atoms with Crippen LogP contribution >= 0.6 is 47.8 Å². The van der Waals surface area contributed by atoms with Crippen molar-refractivity contribution < 1.29 is 23.9 Å². The van der Waals surface area contributed by atoms with Crippen molar-refractivity contribution in [1.29, 1.82) is 0 Å². The predicted molar refractivity (Wildman–Crippen MR) is 223 cm³/mol. The van der Waals surface area contributed by atoms with E-state index < -0.39 is 5.97 Å². The van der Waals surface area contributed by atoms with Crippen LogP contribution in [-0.4, -0.2) is 69.0 Å². The number of unbranched alkanes of at least 4 members (excludes halogenated alkanes) is 1. The molecular formula is C39H43Br3N7O5+. The van der Waals surface area contributed by atoms with Crippen LogP contribution in [0.3, 0.4) is 0 Å². The monoisotopic (exact) mass is 926 g/mol. The van der Waals surface area contributed by atoms with Crippen LogP contribution in [-0.2, 0) is 14.3 Å². The molecule has 0 fully saturated rings. The summed E-state index contributed by atoms with van der Waals surface area (Å²) in [6.07, 6.45) is 10.0. The van der Waals surface area contributed by atoms with Gasteiger partial charge in [0.25, 0.3) is 6.57 Å². The van der Waals surface area contributed by atoms with Gasteiger partial charge in [-0.2, -0.15) is 0 Å². The lowest BCUT2D eigenvalue weighted by molar-refractivity contribution is -0.138. The Labute approximate surface area is 341 Å². The molecule has 0 saturated heterocycles. The highest BCUT2D eigenvalue weighted by Gasteiger charge is 2.20. The van der Waals surface area contributed by atoms with Crippen molar-refractivity contribution >= 4 is 71.2 Å². The average molecular weight is 930 g/mol. The average Bonchev–Trinajstić information content (AvgIpc) is 3.83. The van der Waals surface area contributed by atoms with Crippen molar-refractivity contribution in [2.24, 2.45) is 0 Å². The summed E-state index contributed by atoms with van der Waals surface area (Å²) in [5.74, 6) is -0.903. The van der Waals surface area contributed by atoms with E-state index in [9.17, 15) is 14.4 Å². The third kappa shape index (κ3) is 16.7. The van der Waals surface area contributed by atoms with Gasteiger partial charge in [-0.3, -0.25) is 4.79 Å². The Morgan fingerprint density at radius 1 is 0.833 bits per heavy atom. The van der Waals surface area contributed by atoms with Crippen LogP contribution in [0.1, 0.15) is 54.6 Å². The number of benzene rings is 3. The molecule has 0 aliphatic heterocycles. The van der Waals surface area contributed by atoms with Crippen molar-refractivity contribution in [2.75, 3.05) is 33.0 Å². The molecule has 15 heteroatoms. The molecule has 0 spiro atoms. The molecule has 5 rings (SSSR count). The summed E-state index contributed by atoms with van der Waals surface area (Å²) < 4.78 is 16.4. The standard InChI is InChI=1S/C14H15BrN2O2.C11H9BrN2O.C8H13N2O2.C6H6BrN/c1-2-3-7-19-14(18)13-9-17(10-16-13)12-6-4-5-11(15)8-12;1-8(15)11-6-14(7-13-11)10-4-2-3-9(12)5-10;1-5-12-8(11)7(9-2)6-10(3)4;7-5-2-1-3-6(8)4-5/h4-6,8-10H,2-3,7H2,1H3;2-7H,1H3;2,6H,5H2,1,3-4H3;1-4H,8H2/q;;+1;/b;;7-6-;. The van der Waals surface area contributed by atoms with Gasteiger partial charge >= 0.3 is 17.6 Å². The van der Waals surface area contributed by atoms with Crippen LogP contribution < -0.4 is 5.73 Å². The smallest absolute Gasteiger partial charge is 0.439 e. The van der Waals surface area contributed by atoms with E-state index in [1.54, 1.807) is 55.5 Å². The van der Waals surface area contributed by atoms with E-state index in [0.29, 0.717) is 24.6 Å². The predicted octanol–water partition coefficient (Wildman–Crippen LogP) is 9.38. The summed E-state index contributed by atoms with van der Waals surface area (Å²) in [5, 5.41) is 0. The maximum atomic E-state index is 11.7. The first-order valence-corrected chi connectivity index (χ1v) is 18.9. The minimum absolute atomic E-state index is 0.0243. The molecule has 54 heavy (non-hydrogen) atoms. The van der Waals surface area contributed by atoms with Gasteiger partial charge in [0.2, 0.25) is 0 Å². The largest absolute Gasteiger partial charge is 0.461 e. The maximum Gasteiger partial charge on any atom is 0.439 e. The molecule has 0 amide bonds. The molecule has 2 heterocycles. The SMILES string of the molecule is C#[N+]/C(=C\N(C)C)C(=O)OCC.CC(=O)c1cn(-c2cccc(Br)c2)cn1.CCCCOC(=O)c1cn(-c2cccc(Br)c2)cn1.Nc1cccc(Br)c1. The van der Waals surface area contributed by atoms with E-state index in [1.165, 1.54) is 13.1 Å². The minimum Gasteiger partial charge on any atom is -0.461 e. The number of rotatable bonds is 10. The van der Waals surface area contributed by atoms with Gasteiger partial charge < -0.3 is 29.2 Å². The second kappa shape index (κ2) is 24.3. The first kappa shape index (κ1) is 45.1. The molecule has 284 valence electrons. The Balaban J connectivity index is 0.000000260. The number of Topliss-reactive ketones (excluding diaryl/α,β-unsaturated/α-hetero) is 1. The van der Waals surface area contributed by atoms with Gasteiger partial charge in [-0.15, -0.1) is 0 Å². The molecule has 0 aliphatic rings. The van der Waals surface area contributed by atoms with E-state index in [-0.39, 0.29) is 17.4 Å². The highest BCUT2D eigenvalue weighted by atomic mass is 79.9. The van der Waals surface area contributed by atoms with Crippen LogP contribution in [0.25, 0.3) is 16.2 Å². The van der Waals surface area contributed by atoms with Crippen LogP contribution in [0, 0.1) is 6.57 Å². The van der Waals surface area contributed by atoms with E-state index >= 15 is 0 Å². The molecule has 2 N–H and O–H groups in total. The number of halogens is 3. The normalized spacial score (nSPS) is 10.2. The number of carbonyl (C=O) groups excluding carboxylic acids is 3. The summed E-state index contributed by atoms with van der Waals surface area (Å²) in [6, 6.07) is 23.1. The van der Waals surface area contributed by atoms with Gasteiger partial charge in [-0.1, -0.05) is 79.3 Å². The number of ketones is 1. The molecular weight excluding hydrogens is 886 g/mol. The van der Waals surface area contributed by atoms with E-state index in [0.717, 1.165) is 43.3 Å². The number of aromatic nitrogens is 4. The lowest BCUT2D eigenvalue weighted by atomic mass is 10.3. The number of esters is 2. The fourth-order valence-electron chi connectivity index (χ4n) is 3.97. The highest BCUT2D eigenvalue weighted by Crippen LogP contribution is 2.17. The fraction of sp³-hybridized carbons (Fsp3) is 0.231. The summed E-state index contributed by atoms with van der Waals surface area (Å²) in [7, 11) is 3.54. The van der Waals surface area contributed by atoms with Gasteiger partial charge in [0, 0.05) is 63.9 Å². The molecule has 0 aliphatic carbocycles. The summed E-state index contributed by atoms with van der Waals surface area (Å²) in [6.45, 7) is 11.0. The van der Waals surface area contributed by atoms with Gasteiger partial charge in [0.15, 0.2) is 11.5 Å². The number of anilines is 1. The van der Waals surface area contributed by atoms with E-state index in [2.05, 4.69) is 74.3 Å². The first-order chi connectivity index (χ1) is 25.8. The van der Waals surface area contributed by atoms with Crippen molar-refractivity contribution in [3.63, 3.8) is 0 Å². The number of ether oxygens (including phenoxy) is 2. The highest BCUT2D eigenvalue weighted by molar-refractivity contribution is 9.11. The molecule has 2 aromatic heterocycles. The van der Waals surface area contributed by atoms with Crippen molar-refractivity contribution in [3.05, 3.63) is 139 Å². The molecule has 5 aromatic rings. The zero-order valence-electron chi connectivity index (χ0n) is 30.7. The van der Waals surface area contributed by atoms with Crippen molar-refractivity contribution in [1.82, 2.24) is 24.0 Å². The second-order valence-corrected chi connectivity index (χ2v) is 14.0. The quantitative estimate of drug-likeness (QED) is 0.0477. The number of nitrogens with two attached hydrogens (primary N) is 1. The number of nitrogens with zero attached hydrogens (tertiary/aromatic N) is 6. The van der Waals surface area contributed by atoms with Gasteiger partial charge in [0.05, 0.1) is 19.4 Å². The third-order valence-corrected chi connectivity index (χ3v) is 8.01. The van der Waals surface area contributed by atoms with E-state index in [1.807, 2.05) is 77.4 Å². The van der Waals surface area contributed by atoms with Crippen LogP contribution in [0.15, 0.2) is 123 Å². The summed E-state index contributed by atoms with van der Waals surface area (Å²) >= 11 is 10.1. The number of hydrogen-bond acceptors (Lipinski definition) is 9. The molecule has 12 nitrogen and oxygen atoms in total.